The fourth-order valence-electron chi connectivity index (χ4n) is 2.64. The number of aromatic nitrogens is 4. The molecule has 112 valence electrons. The maximum atomic E-state index is 5.95. The summed E-state index contributed by atoms with van der Waals surface area (Å²) in [6.07, 6.45) is 3.67. The van der Waals surface area contributed by atoms with E-state index in [9.17, 15) is 0 Å². The topological polar surface area (TPSA) is 78.8 Å². The lowest BCUT2D eigenvalue weighted by molar-refractivity contribution is 0.340. The third-order valence-electron chi connectivity index (χ3n) is 4.22. The Morgan fingerprint density at radius 3 is 2.76 bits per heavy atom. The van der Waals surface area contributed by atoms with Gasteiger partial charge in [0.25, 0.3) is 0 Å². The number of anilines is 1. The fraction of sp³-hybridized carbons (Fsp3) is 0.533. The molecule has 0 atom stereocenters. The summed E-state index contributed by atoms with van der Waals surface area (Å²) >= 11 is 0. The van der Waals surface area contributed by atoms with E-state index in [1.165, 1.54) is 12.8 Å². The summed E-state index contributed by atoms with van der Waals surface area (Å²) in [6, 6.07) is 5.64. The van der Waals surface area contributed by atoms with Crippen molar-refractivity contribution in [3.8, 4) is 17.1 Å². The lowest BCUT2D eigenvalue weighted by atomic mass is 10.0. The number of hydrogen-bond acceptors (Lipinski definition) is 5. The molecular weight excluding hydrogens is 266 g/mol. The maximum absolute atomic E-state index is 5.95. The first kappa shape index (κ1) is 13.9. The van der Waals surface area contributed by atoms with E-state index < -0.39 is 0 Å². The van der Waals surface area contributed by atoms with Crippen LogP contribution in [0.25, 0.3) is 11.4 Å². The summed E-state index contributed by atoms with van der Waals surface area (Å²) in [5.41, 5.74) is 7.89. The van der Waals surface area contributed by atoms with E-state index in [-0.39, 0.29) is 0 Å². The molecular formula is C15H21N5O. The second kappa shape index (κ2) is 5.35. The number of benzene rings is 1. The standard InChI is InChI=1S/C15H21N5O/c1-3-15(5-6-15)10-20-14(17-18-19-20)11-7-12(16)9-13(8-11)21-4-2/h7-9H,3-6,10,16H2,1-2H3. The maximum Gasteiger partial charge on any atom is 0.182 e. The highest BCUT2D eigenvalue weighted by atomic mass is 16.5. The van der Waals surface area contributed by atoms with Crippen molar-refractivity contribution in [1.82, 2.24) is 20.2 Å². The Morgan fingerprint density at radius 1 is 1.29 bits per heavy atom. The van der Waals surface area contributed by atoms with Crippen molar-refractivity contribution < 1.29 is 4.74 Å². The highest BCUT2D eigenvalue weighted by Crippen LogP contribution is 2.50. The average molecular weight is 287 g/mol. The Balaban J connectivity index is 1.92. The highest BCUT2D eigenvalue weighted by Gasteiger charge is 2.41. The summed E-state index contributed by atoms with van der Waals surface area (Å²) in [5.74, 6) is 1.50. The molecule has 0 radical (unpaired) electrons. The van der Waals surface area contributed by atoms with Crippen LogP contribution in [0.1, 0.15) is 33.1 Å². The number of tetrazole rings is 1. The van der Waals surface area contributed by atoms with Gasteiger partial charge in [-0.25, -0.2) is 4.68 Å². The van der Waals surface area contributed by atoms with Crippen molar-refractivity contribution >= 4 is 5.69 Å². The lowest BCUT2D eigenvalue weighted by Crippen LogP contribution is -2.13. The van der Waals surface area contributed by atoms with Gasteiger partial charge in [-0.3, -0.25) is 0 Å². The summed E-state index contributed by atoms with van der Waals surface area (Å²) in [5, 5.41) is 12.1. The summed E-state index contributed by atoms with van der Waals surface area (Å²) in [6.45, 7) is 5.65. The molecule has 1 fully saturated rings. The molecule has 2 aromatic rings. The van der Waals surface area contributed by atoms with E-state index in [0.29, 0.717) is 17.7 Å². The minimum Gasteiger partial charge on any atom is -0.494 e. The SMILES string of the molecule is CCOc1cc(N)cc(-c2nnnn2CC2(CC)CC2)c1. The van der Waals surface area contributed by atoms with Gasteiger partial charge in [-0.15, -0.1) is 5.10 Å². The van der Waals surface area contributed by atoms with Crippen molar-refractivity contribution in [3.63, 3.8) is 0 Å². The van der Waals surface area contributed by atoms with Gasteiger partial charge in [0.15, 0.2) is 5.82 Å². The largest absolute Gasteiger partial charge is 0.494 e. The van der Waals surface area contributed by atoms with Gasteiger partial charge in [0.1, 0.15) is 5.75 Å². The van der Waals surface area contributed by atoms with Gasteiger partial charge in [0.05, 0.1) is 13.2 Å². The highest BCUT2D eigenvalue weighted by molar-refractivity contribution is 5.64. The monoisotopic (exact) mass is 287 g/mol. The molecule has 0 aliphatic heterocycles. The average Bonchev–Trinajstić information content (AvgIpc) is 3.08. The quantitative estimate of drug-likeness (QED) is 0.826. The van der Waals surface area contributed by atoms with Crippen LogP contribution in [-0.4, -0.2) is 26.8 Å². The Morgan fingerprint density at radius 2 is 2.10 bits per heavy atom. The van der Waals surface area contributed by atoms with Gasteiger partial charge < -0.3 is 10.5 Å². The third kappa shape index (κ3) is 2.84. The number of ether oxygens (including phenoxy) is 1. The summed E-state index contributed by atoms with van der Waals surface area (Å²) < 4.78 is 7.43. The molecule has 1 aromatic carbocycles. The molecule has 1 aliphatic carbocycles. The molecule has 2 N–H and O–H groups in total. The number of rotatable bonds is 6. The van der Waals surface area contributed by atoms with Crippen molar-refractivity contribution in [2.75, 3.05) is 12.3 Å². The second-order valence-corrected chi connectivity index (χ2v) is 5.74. The predicted octanol–water partition coefficient (Wildman–Crippen LogP) is 2.51. The van der Waals surface area contributed by atoms with E-state index in [2.05, 4.69) is 22.4 Å². The molecule has 0 saturated heterocycles. The number of hydrogen-bond donors (Lipinski definition) is 1. The van der Waals surface area contributed by atoms with Gasteiger partial charge >= 0.3 is 0 Å². The zero-order valence-corrected chi connectivity index (χ0v) is 12.5. The lowest BCUT2D eigenvalue weighted by Gasteiger charge is -2.13. The number of nitrogen functional groups attached to an aromatic ring is 1. The van der Waals surface area contributed by atoms with Gasteiger partial charge in [-0.1, -0.05) is 6.92 Å². The molecule has 1 aromatic heterocycles. The molecule has 6 heteroatoms. The third-order valence-corrected chi connectivity index (χ3v) is 4.22. The normalized spacial score (nSPS) is 15.9. The Hall–Kier alpha value is -2.11. The van der Waals surface area contributed by atoms with Crippen LogP contribution < -0.4 is 10.5 Å². The van der Waals surface area contributed by atoms with Crippen molar-refractivity contribution in [1.29, 1.82) is 0 Å². The predicted molar refractivity (Wildman–Crippen MR) is 80.8 cm³/mol. The molecule has 0 unspecified atom stereocenters. The minimum atomic E-state index is 0.382. The van der Waals surface area contributed by atoms with Crippen LogP contribution in [0.15, 0.2) is 18.2 Å². The molecule has 0 spiro atoms. The van der Waals surface area contributed by atoms with E-state index in [4.69, 9.17) is 10.5 Å². The fourth-order valence-corrected chi connectivity index (χ4v) is 2.64. The molecule has 1 saturated carbocycles. The Bertz CT molecular complexity index is 633. The number of nitrogens with zero attached hydrogens (tertiary/aromatic N) is 4. The smallest absolute Gasteiger partial charge is 0.182 e. The van der Waals surface area contributed by atoms with Crippen LogP contribution in [-0.2, 0) is 6.54 Å². The summed E-state index contributed by atoms with van der Waals surface area (Å²) in [4.78, 5) is 0. The van der Waals surface area contributed by atoms with E-state index in [0.717, 1.165) is 30.1 Å². The Labute approximate surface area is 124 Å². The van der Waals surface area contributed by atoms with Crippen molar-refractivity contribution in [3.05, 3.63) is 18.2 Å². The van der Waals surface area contributed by atoms with Gasteiger partial charge in [0, 0.05) is 17.3 Å². The number of nitrogens with two attached hydrogens (primary N) is 1. The van der Waals surface area contributed by atoms with Crippen LogP contribution in [0.3, 0.4) is 0 Å². The molecule has 3 rings (SSSR count). The first-order chi connectivity index (χ1) is 10.2. The van der Waals surface area contributed by atoms with Crippen LogP contribution in [0.2, 0.25) is 0 Å². The molecule has 0 amide bonds. The first-order valence-corrected chi connectivity index (χ1v) is 7.46. The van der Waals surface area contributed by atoms with E-state index in [1.807, 2.05) is 29.8 Å². The second-order valence-electron chi connectivity index (χ2n) is 5.74. The van der Waals surface area contributed by atoms with Gasteiger partial charge in [0.2, 0.25) is 0 Å². The zero-order valence-electron chi connectivity index (χ0n) is 12.5. The molecule has 1 aliphatic rings. The minimum absolute atomic E-state index is 0.382. The van der Waals surface area contributed by atoms with Crippen LogP contribution in [0, 0.1) is 5.41 Å². The van der Waals surface area contributed by atoms with Crippen LogP contribution >= 0.6 is 0 Å². The first-order valence-electron chi connectivity index (χ1n) is 7.46. The van der Waals surface area contributed by atoms with E-state index >= 15 is 0 Å². The Kier molecular flexibility index (Phi) is 3.53. The van der Waals surface area contributed by atoms with Crippen LogP contribution in [0.5, 0.6) is 5.75 Å². The molecule has 0 bridgehead atoms. The van der Waals surface area contributed by atoms with Crippen molar-refractivity contribution in [2.45, 2.75) is 39.7 Å². The zero-order chi connectivity index (χ0) is 14.9. The van der Waals surface area contributed by atoms with Crippen LogP contribution in [0.4, 0.5) is 5.69 Å². The summed E-state index contributed by atoms with van der Waals surface area (Å²) in [7, 11) is 0. The molecule has 1 heterocycles. The van der Waals surface area contributed by atoms with Gasteiger partial charge in [-0.05, 0) is 54.2 Å². The molecule has 21 heavy (non-hydrogen) atoms. The van der Waals surface area contributed by atoms with Gasteiger partial charge in [-0.2, -0.15) is 0 Å². The van der Waals surface area contributed by atoms with Crippen molar-refractivity contribution in [2.24, 2.45) is 5.41 Å². The molecule has 6 nitrogen and oxygen atoms in total. The van der Waals surface area contributed by atoms with E-state index in [1.54, 1.807) is 0 Å².